The van der Waals surface area contributed by atoms with Crippen LogP contribution in [0, 0.1) is 0 Å². The van der Waals surface area contributed by atoms with Crippen molar-refractivity contribution in [1.82, 2.24) is 19.9 Å². The third-order valence-electron chi connectivity index (χ3n) is 5.13. The van der Waals surface area contributed by atoms with E-state index in [0.29, 0.717) is 13.0 Å². The minimum atomic E-state index is 0.0947. The van der Waals surface area contributed by atoms with E-state index >= 15 is 0 Å². The summed E-state index contributed by atoms with van der Waals surface area (Å²) in [6.07, 6.45) is 7.44. The van der Waals surface area contributed by atoms with Crippen LogP contribution < -0.4 is 0 Å². The van der Waals surface area contributed by atoms with Gasteiger partial charge < -0.3 is 9.88 Å². The van der Waals surface area contributed by atoms with E-state index in [4.69, 9.17) is 0 Å². The van der Waals surface area contributed by atoms with Crippen LogP contribution in [0.3, 0.4) is 0 Å². The number of carbonyl (C=O) groups excluding carboxylic acids is 1. The molecule has 146 valence electrons. The molecule has 0 aliphatic carbocycles. The van der Waals surface area contributed by atoms with Crippen LogP contribution in [0.25, 0.3) is 22.2 Å². The smallest absolute Gasteiger partial charge is 0.227 e. The number of hydrogen-bond acceptors (Lipinski definition) is 3. The van der Waals surface area contributed by atoms with Crippen molar-refractivity contribution < 1.29 is 4.79 Å². The topological polar surface area (TPSA) is 61.9 Å². The molecule has 1 amide bonds. The van der Waals surface area contributed by atoms with Gasteiger partial charge in [0.1, 0.15) is 0 Å². The summed E-state index contributed by atoms with van der Waals surface area (Å²) in [5.74, 6) is 0.101. The first-order valence-electron chi connectivity index (χ1n) is 9.82. The summed E-state index contributed by atoms with van der Waals surface area (Å²) in [4.78, 5) is 27.1. The van der Waals surface area contributed by atoms with E-state index in [-0.39, 0.29) is 11.9 Å². The largest absolute Gasteiger partial charge is 0.354 e. The molecule has 5 nitrogen and oxygen atoms in total. The Balaban J connectivity index is 1.69. The van der Waals surface area contributed by atoms with Crippen molar-refractivity contribution in [2.24, 2.45) is 0 Å². The van der Waals surface area contributed by atoms with E-state index in [9.17, 15) is 4.79 Å². The Bertz CT molecular complexity index is 1100. The van der Waals surface area contributed by atoms with Crippen LogP contribution >= 0.6 is 0 Å². The number of fused-ring (bicyclic) bond motifs is 1. The first-order chi connectivity index (χ1) is 14.1. The summed E-state index contributed by atoms with van der Waals surface area (Å²) < 4.78 is 0. The lowest BCUT2D eigenvalue weighted by Crippen LogP contribution is -2.37. The van der Waals surface area contributed by atoms with Crippen molar-refractivity contribution >= 4 is 16.8 Å². The third kappa shape index (κ3) is 4.04. The second kappa shape index (κ2) is 8.27. The first-order valence-corrected chi connectivity index (χ1v) is 9.82. The van der Waals surface area contributed by atoms with Crippen LogP contribution in [0.1, 0.15) is 25.0 Å². The van der Waals surface area contributed by atoms with Crippen LogP contribution in [0.2, 0.25) is 0 Å². The Morgan fingerprint density at radius 3 is 2.52 bits per heavy atom. The van der Waals surface area contributed by atoms with Crippen LogP contribution in [-0.2, 0) is 17.8 Å². The van der Waals surface area contributed by atoms with E-state index in [1.807, 2.05) is 67.4 Å². The van der Waals surface area contributed by atoms with Crippen LogP contribution in [-0.4, -0.2) is 31.8 Å². The molecule has 0 spiro atoms. The molecule has 0 aliphatic rings. The van der Waals surface area contributed by atoms with Crippen molar-refractivity contribution in [2.45, 2.75) is 32.9 Å². The van der Waals surface area contributed by atoms with Crippen LogP contribution in [0.5, 0.6) is 0 Å². The molecule has 0 saturated heterocycles. The van der Waals surface area contributed by atoms with Gasteiger partial charge in [0.15, 0.2) is 0 Å². The van der Waals surface area contributed by atoms with Gasteiger partial charge in [-0.3, -0.25) is 14.8 Å². The number of aromatic amines is 1. The number of nitrogens with zero attached hydrogens (tertiary/aromatic N) is 3. The number of carbonyl (C=O) groups is 1. The van der Waals surface area contributed by atoms with Crippen molar-refractivity contribution in [3.8, 4) is 11.3 Å². The summed E-state index contributed by atoms with van der Waals surface area (Å²) in [6, 6.07) is 16.1. The molecule has 0 bridgehead atoms. The van der Waals surface area contributed by atoms with Gasteiger partial charge in [0.25, 0.3) is 0 Å². The van der Waals surface area contributed by atoms with Gasteiger partial charge in [-0.25, -0.2) is 0 Å². The zero-order valence-corrected chi connectivity index (χ0v) is 16.7. The van der Waals surface area contributed by atoms with Crippen molar-refractivity contribution in [2.75, 3.05) is 0 Å². The van der Waals surface area contributed by atoms with Gasteiger partial charge in [-0.2, -0.15) is 0 Å². The second-order valence-corrected chi connectivity index (χ2v) is 7.41. The van der Waals surface area contributed by atoms with Gasteiger partial charge in [0, 0.05) is 53.8 Å². The summed E-state index contributed by atoms with van der Waals surface area (Å²) in [7, 11) is 0. The minimum Gasteiger partial charge on any atom is -0.354 e. The Kier molecular flexibility index (Phi) is 5.38. The lowest BCUT2D eigenvalue weighted by Gasteiger charge is -2.27. The summed E-state index contributed by atoms with van der Waals surface area (Å²) in [6.45, 7) is 4.65. The summed E-state index contributed by atoms with van der Waals surface area (Å²) >= 11 is 0. The Hall–Kier alpha value is -3.47. The van der Waals surface area contributed by atoms with Gasteiger partial charge in [0.05, 0.1) is 12.1 Å². The molecular weight excluding hydrogens is 360 g/mol. The SMILES string of the molecule is CC(C)N(Cc1cccnc1)C(=O)Cc1c(-c2ccncc2)[nH]c2ccccc12. The molecule has 0 fully saturated rings. The van der Waals surface area contributed by atoms with Crippen molar-refractivity contribution in [3.63, 3.8) is 0 Å². The Morgan fingerprint density at radius 1 is 1.00 bits per heavy atom. The molecule has 3 heterocycles. The number of benzene rings is 1. The third-order valence-corrected chi connectivity index (χ3v) is 5.13. The molecule has 4 rings (SSSR count). The van der Waals surface area contributed by atoms with E-state index in [1.54, 1.807) is 18.6 Å². The molecule has 1 N–H and O–H groups in total. The maximum absolute atomic E-state index is 13.4. The molecule has 5 heteroatoms. The number of H-pyrrole nitrogens is 1. The predicted octanol–water partition coefficient (Wildman–Crippen LogP) is 4.60. The fourth-order valence-electron chi connectivity index (χ4n) is 3.65. The van der Waals surface area contributed by atoms with E-state index < -0.39 is 0 Å². The highest BCUT2D eigenvalue weighted by Crippen LogP contribution is 2.31. The maximum atomic E-state index is 13.4. The molecule has 4 aromatic rings. The number of nitrogens with one attached hydrogen (secondary N) is 1. The zero-order valence-electron chi connectivity index (χ0n) is 16.7. The molecule has 1 aromatic carbocycles. The molecule has 0 unspecified atom stereocenters. The molecular formula is C24H24N4O. The molecule has 0 radical (unpaired) electrons. The van der Waals surface area contributed by atoms with E-state index in [0.717, 1.165) is 33.3 Å². The minimum absolute atomic E-state index is 0.0947. The van der Waals surface area contributed by atoms with Crippen molar-refractivity contribution in [1.29, 1.82) is 0 Å². The maximum Gasteiger partial charge on any atom is 0.227 e. The Morgan fingerprint density at radius 2 is 1.79 bits per heavy atom. The summed E-state index contributed by atoms with van der Waals surface area (Å²) in [5.41, 5.74) is 5.09. The fraction of sp³-hybridized carbons (Fsp3) is 0.208. The molecule has 29 heavy (non-hydrogen) atoms. The highest BCUT2D eigenvalue weighted by molar-refractivity contribution is 5.95. The quantitative estimate of drug-likeness (QED) is 0.528. The lowest BCUT2D eigenvalue weighted by molar-refractivity contribution is -0.132. The molecule has 0 saturated carbocycles. The average molecular weight is 384 g/mol. The normalized spacial score (nSPS) is 11.1. The van der Waals surface area contributed by atoms with Crippen LogP contribution in [0.15, 0.2) is 73.3 Å². The number of pyridine rings is 2. The van der Waals surface area contributed by atoms with E-state index in [1.165, 1.54) is 0 Å². The second-order valence-electron chi connectivity index (χ2n) is 7.41. The highest BCUT2D eigenvalue weighted by Gasteiger charge is 2.22. The highest BCUT2D eigenvalue weighted by atomic mass is 16.2. The van der Waals surface area contributed by atoms with Crippen LogP contribution in [0.4, 0.5) is 0 Å². The predicted molar refractivity (Wildman–Crippen MR) is 115 cm³/mol. The van der Waals surface area contributed by atoms with Gasteiger partial charge in [-0.05, 0) is 49.2 Å². The summed E-state index contributed by atoms with van der Waals surface area (Å²) in [5, 5.41) is 1.08. The van der Waals surface area contributed by atoms with Gasteiger partial charge in [0.2, 0.25) is 5.91 Å². The molecule has 3 aromatic heterocycles. The number of para-hydroxylation sites is 1. The standard InChI is InChI=1S/C24H24N4O/c1-17(2)28(16-18-6-5-11-26-15-18)23(29)14-21-20-7-3-4-8-22(20)27-24(21)19-9-12-25-13-10-19/h3-13,15,17,27H,14,16H2,1-2H3. The van der Waals surface area contributed by atoms with Crippen molar-refractivity contribution in [3.05, 3.63) is 84.4 Å². The average Bonchev–Trinajstić information content (AvgIpc) is 3.11. The number of hydrogen-bond donors (Lipinski definition) is 1. The fourth-order valence-corrected chi connectivity index (χ4v) is 3.65. The first kappa shape index (κ1) is 18.9. The number of amides is 1. The number of aromatic nitrogens is 3. The number of rotatable bonds is 6. The van der Waals surface area contributed by atoms with E-state index in [2.05, 4.69) is 21.0 Å². The van der Waals surface area contributed by atoms with Gasteiger partial charge >= 0.3 is 0 Å². The molecule has 0 atom stereocenters. The monoisotopic (exact) mass is 384 g/mol. The molecule has 0 aliphatic heterocycles. The zero-order chi connectivity index (χ0) is 20.2. The Labute approximate surface area is 170 Å². The lowest BCUT2D eigenvalue weighted by atomic mass is 10.0. The van der Waals surface area contributed by atoms with Gasteiger partial charge in [-0.1, -0.05) is 24.3 Å². The van der Waals surface area contributed by atoms with Gasteiger partial charge in [-0.15, -0.1) is 0 Å².